The van der Waals surface area contributed by atoms with Gasteiger partial charge in [0.2, 0.25) is 0 Å². The summed E-state index contributed by atoms with van der Waals surface area (Å²) in [6.45, 7) is 0.224. The van der Waals surface area contributed by atoms with Gasteiger partial charge in [0.25, 0.3) is 0 Å². The lowest BCUT2D eigenvalue weighted by Gasteiger charge is -2.10. The van der Waals surface area contributed by atoms with Crippen LogP contribution in [0.4, 0.5) is 0 Å². The molecular weight excluding hydrogens is 316 g/mol. The van der Waals surface area contributed by atoms with Gasteiger partial charge in [-0.05, 0) is 24.3 Å². The van der Waals surface area contributed by atoms with Crippen molar-refractivity contribution in [2.24, 2.45) is 0 Å². The second-order valence-electron chi connectivity index (χ2n) is 3.44. The third-order valence-corrected chi connectivity index (χ3v) is 3.09. The Labute approximate surface area is 124 Å². The smallest absolute Gasteiger partial charge is 0.157 e. The summed E-state index contributed by atoms with van der Waals surface area (Å²) < 4.78 is 5.52. The lowest BCUT2D eigenvalue weighted by Crippen LogP contribution is -1.99. The molecule has 0 radical (unpaired) electrons. The van der Waals surface area contributed by atoms with Gasteiger partial charge in [-0.3, -0.25) is 0 Å². The molecule has 0 aliphatic carbocycles. The van der Waals surface area contributed by atoms with E-state index in [1.807, 2.05) is 0 Å². The number of aromatic nitrogens is 1. The Morgan fingerprint density at radius 2 is 1.67 bits per heavy atom. The first-order valence-corrected chi connectivity index (χ1v) is 6.46. The van der Waals surface area contributed by atoms with Gasteiger partial charge in [0.1, 0.15) is 11.8 Å². The number of benzene rings is 1. The van der Waals surface area contributed by atoms with Crippen molar-refractivity contribution < 1.29 is 4.74 Å². The number of halogens is 4. The second-order valence-corrected chi connectivity index (χ2v) is 5.08. The van der Waals surface area contributed by atoms with E-state index in [4.69, 9.17) is 51.1 Å². The minimum absolute atomic E-state index is 0.224. The van der Waals surface area contributed by atoms with Crippen molar-refractivity contribution in [2.75, 3.05) is 0 Å². The molecule has 2 rings (SSSR count). The molecule has 2 aromatic rings. The van der Waals surface area contributed by atoms with E-state index >= 15 is 0 Å². The maximum absolute atomic E-state index is 5.99. The number of hydrogen-bond donors (Lipinski definition) is 0. The van der Waals surface area contributed by atoms with E-state index in [0.29, 0.717) is 31.7 Å². The molecule has 94 valence electrons. The third kappa shape index (κ3) is 3.42. The van der Waals surface area contributed by atoms with Gasteiger partial charge in [0.05, 0.1) is 15.7 Å². The summed E-state index contributed by atoms with van der Waals surface area (Å²) >= 11 is 23.6. The molecule has 0 saturated heterocycles. The van der Waals surface area contributed by atoms with Gasteiger partial charge < -0.3 is 4.74 Å². The molecule has 18 heavy (non-hydrogen) atoms. The lowest BCUT2D eigenvalue weighted by atomic mass is 10.3. The van der Waals surface area contributed by atoms with Crippen LogP contribution in [-0.2, 0) is 6.61 Å². The van der Waals surface area contributed by atoms with Crippen LogP contribution < -0.4 is 4.74 Å². The maximum Gasteiger partial charge on any atom is 0.157 e. The van der Waals surface area contributed by atoms with Gasteiger partial charge in [-0.25, -0.2) is 4.98 Å². The topological polar surface area (TPSA) is 22.1 Å². The molecule has 0 N–H and O–H groups in total. The molecular formula is C12H7Cl4NO. The predicted octanol–water partition coefficient (Wildman–Crippen LogP) is 5.27. The normalized spacial score (nSPS) is 10.4. The van der Waals surface area contributed by atoms with Crippen LogP contribution in [0, 0.1) is 0 Å². The van der Waals surface area contributed by atoms with Crippen molar-refractivity contribution in [3.63, 3.8) is 0 Å². The summed E-state index contributed by atoms with van der Waals surface area (Å²) in [6, 6.07) is 8.40. The van der Waals surface area contributed by atoms with E-state index in [2.05, 4.69) is 4.98 Å². The number of pyridine rings is 1. The van der Waals surface area contributed by atoms with E-state index in [-0.39, 0.29) is 6.61 Å². The van der Waals surface area contributed by atoms with Crippen molar-refractivity contribution in [3.8, 4) is 5.75 Å². The van der Waals surface area contributed by atoms with Crippen molar-refractivity contribution in [2.45, 2.75) is 6.61 Å². The van der Waals surface area contributed by atoms with Crippen molar-refractivity contribution in [1.82, 2.24) is 4.98 Å². The summed E-state index contributed by atoms with van der Waals surface area (Å²) in [5, 5.41) is 1.58. The first-order valence-electron chi connectivity index (χ1n) is 4.95. The Morgan fingerprint density at radius 3 is 2.28 bits per heavy atom. The van der Waals surface area contributed by atoms with Crippen LogP contribution in [0.5, 0.6) is 5.75 Å². The highest BCUT2D eigenvalue weighted by Gasteiger charge is 2.09. The first-order chi connectivity index (χ1) is 8.56. The number of rotatable bonds is 3. The highest BCUT2D eigenvalue weighted by molar-refractivity contribution is 6.40. The van der Waals surface area contributed by atoms with Crippen LogP contribution in [0.3, 0.4) is 0 Å². The van der Waals surface area contributed by atoms with E-state index in [0.717, 1.165) is 0 Å². The molecule has 1 aromatic carbocycles. The number of hydrogen-bond acceptors (Lipinski definition) is 2. The molecule has 0 unspecified atom stereocenters. The molecule has 0 aliphatic heterocycles. The first kappa shape index (κ1) is 13.8. The highest BCUT2D eigenvalue weighted by atomic mass is 35.5. The monoisotopic (exact) mass is 321 g/mol. The van der Waals surface area contributed by atoms with Gasteiger partial charge in [-0.2, -0.15) is 0 Å². The molecule has 0 bridgehead atoms. The molecule has 1 heterocycles. The molecule has 0 spiro atoms. The molecule has 0 aliphatic rings. The zero-order valence-corrected chi connectivity index (χ0v) is 12.0. The minimum Gasteiger partial charge on any atom is -0.484 e. The van der Waals surface area contributed by atoms with Gasteiger partial charge in [-0.15, -0.1) is 0 Å². The largest absolute Gasteiger partial charge is 0.484 e. The van der Waals surface area contributed by atoms with E-state index in [1.165, 1.54) is 0 Å². The average Bonchev–Trinajstić information content (AvgIpc) is 2.27. The van der Waals surface area contributed by atoms with Crippen LogP contribution in [-0.4, -0.2) is 4.98 Å². The lowest BCUT2D eigenvalue weighted by molar-refractivity contribution is 0.302. The van der Waals surface area contributed by atoms with Crippen LogP contribution in [0.25, 0.3) is 0 Å². The molecule has 0 saturated carbocycles. The minimum atomic E-state index is 0.224. The fraction of sp³-hybridized carbons (Fsp3) is 0.0833. The van der Waals surface area contributed by atoms with Crippen molar-refractivity contribution in [1.29, 1.82) is 0 Å². The Kier molecular flexibility index (Phi) is 4.57. The quantitative estimate of drug-likeness (QED) is 0.718. The van der Waals surface area contributed by atoms with Gasteiger partial charge in [-0.1, -0.05) is 52.5 Å². The van der Waals surface area contributed by atoms with Gasteiger partial charge in [0.15, 0.2) is 5.75 Å². The van der Waals surface area contributed by atoms with Crippen molar-refractivity contribution >= 4 is 46.4 Å². The number of ether oxygens (including phenoxy) is 1. The maximum atomic E-state index is 5.99. The molecule has 2 nitrogen and oxygen atoms in total. The van der Waals surface area contributed by atoms with E-state index in [9.17, 15) is 0 Å². The van der Waals surface area contributed by atoms with Gasteiger partial charge in [0, 0.05) is 5.02 Å². The fourth-order valence-electron chi connectivity index (χ4n) is 1.34. The Hall–Kier alpha value is -0.670. The number of nitrogens with zero attached hydrogens (tertiary/aromatic N) is 1. The molecule has 0 amide bonds. The molecule has 0 atom stereocenters. The van der Waals surface area contributed by atoms with Crippen molar-refractivity contribution in [3.05, 3.63) is 56.2 Å². The van der Waals surface area contributed by atoms with E-state index < -0.39 is 0 Å². The standard InChI is InChI=1S/C12H7Cl4NO/c13-7-4-9(14)12(10(15)5-7)18-6-8-2-1-3-11(16)17-8/h1-5H,6H2. The summed E-state index contributed by atoms with van der Waals surface area (Å²) in [6.07, 6.45) is 0. The predicted molar refractivity (Wildman–Crippen MR) is 75.1 cm³/mol. The summed E-state index contributed by atoms with van der Waals surface area (Å²) in [4.78, 5) is 4.09. The Morgan fingerprint density at radius 1 is 1.00 bits per heavy atom. The van der Waals surface area contributed by atoms with Crippen LogP contribution >= 0.6 is 46.4 Å². The Bertz CT molecular complexity index is 551. The molecule has 6 heteroatoms. The average molecular weight is 323 g/mol. The summed E-state index contributed by atoms with van der Waals surface area (Å²) in [7, 11) is 0. The fourth-order valence-corrected chi connectivity index (χ4v) is 2.45. The highest BCUT2D eigenvalue weighted by Crippen LogP contribution is 2.36. The van der Waals surface area contributed by atoms with Crippen LogP contribution in [0.2, 0.25) is 20.2 Å². The third-order valence-electron chi connectivity index (χ3n) is 2.10. The zero-order chi connectivity index (χ0) is 13.1. The summed E-state index contributed by atoms with van der Waals surface area (Å²) in [5.74, 6) is 0.379. The van der Waals surface area contributed by atoms with Crippen LogP contribution in [0.15, 0.2) is 30.3 Å². The molecule has 0 fully saturated rings. The molecule has 1 aromatic heterocycles. The zero-order valence-electron chi connectivity index (χ0n) is 8.96. The van der Waals surface area contributed by atoms with E-state index in [1.54, 1.807) is 30.3 Å². The Balaban J connectivity index is 2.16. The SMILES string of the molecule is Clc1cc(Cl)c(OCc2cccc(Cl)n2)c(Cl)c1. The van der Waals surface area contributed by atoms with Gasteiger partial charge >= 0.3 is 0 Å². The summed E-state index contributed by atoms with van der Waals surface area (Å²) in [5.41, 5.74) is 0.685. The van der Waals surface area contributed by atoms with Crippen LogP contribution in [0.1, 0.15) is 5.69 Å². The second kappa shape index (κ2) is 5.98.